The molecule has 34 heavy (non-hydrogen) atoms. The van der Waals surface area contributed by atoms with Crippen molar-refractivity contribution in [3.05, 3.63) is 65.2 Å². The number of benzene rings is 3. The molecule has 1 heterocycles. The fourth-order valence-electron chi connectivity index (χ4n) is 3.89. The number of carboxylic acids is 1. The molecule has 1 aliphatic rings. The van der Waals surface area contributed by atoms with Gasteiger partial charge in [0.1, 0.15) is 23.9 Å². The molecule has 8 nitrogen and oxygen atoms in total. The zero-order valence-electron chi connectivity index (χ0n) is 19.3. The van der Waals surface area contributed by atoms with Gasteiger partial charge in [0, 0.05) is 18.7 Å². The molecule has 0 radical (unpaired) electrons. The van der Waals surface area contributed by atoms with E-state index in [-0.39, 0.29) is 19.9 Å². The van der Waals surface area contributed by atoms with Gasteiger partial charge in [-0.2, -0.15) is 0 Å². The van der Waals surface area contributed by atoms with Crippen molar-refractivity contribution in [2.45, 2.75) is 20.1 Å². The highest BCUT2D eigenvalue weighted by molar-refractivity contribution is 5.71. The molecule has 178 valence electrons. The average molecular weight is 466 g/mol. The highest BCUT2D eigenvalue weighted by atomic mass is 16.7. The third-order valence-electron chi connectivity index (χ3n) is 5.68. The van der Waals surface area contributed by atoms with Crippen molar-refractivity contribution >= 4 is 5.97 Å². The van der Waals surface area contributed by atoms with E-state index in [1.54, 1.807) is 26.4 Å². The Bertz CT molecular complexity index is 1170. The summed E-state index contributed by atoms with van der Waals surface area (Å²) in [5.41, 5.74) is 5.01. The van der Waals surface area contributed by atoms with Gasteiger partial charge in [-0.25, -0.2) is 0 Å². The summed E-state index contributed by atoms with van der Waals surface area (Å²) in [7, 11) is 3.11. The normalized spacial score (nSPS) is 11.9. The maximum atomic E-state index is 10.8. The molecule has 0 spiro atoms. The van der Waals surface area contributed by atoms with Gasteiger partial charge in [0.15, 0.2) is 11.5 Å². The maximum Gasteiger partial charge on any atom is 0.317 e. The minimum atomic E-state index is -0.934. The van der Waals surface area contributed by atoms with Crippen LogP contribution in [0.3, 0.4) is 0 Å². The first-order valence-electron chi connectivity index (χ1n) is 10.8. The van der Waals surface area contributed by atoms with E-state index in [9.17, 15) is 4.79 Å². The number of carboxylic acid groups (broad SMARTS) is 1. The molecule has 8 heteroatoms. The highest BCUT2D eigenvalue weighted by Crippen LogP contribution is 2.38. The lowest BCUT2D eigenvalue weighted by atomic mass is 9.96. The lowest BCUT2D eigenvalue weighted by molar-refractivity contribution is -0.136. The first kappa shape index (κ1) is 23.3. The number of fused-ring (bicyclic) bond motifs is 1. The molecule has 2 N–H and O–H groups in total. The number of hydrogen-bond acceptors (Lipinski definition) is 7. The Kier molecular flexibility index (Phi) is 7.08. The predicted molar refractivity (Wildman–Crippen MR) is 126 cm³/mol. The Morgan fingerprint density at radius 2 is 1.76 bits per heavy atom. The monoisotopic (exact) mass is 465 g/mol. The van der Waals surface area contributed by atoms with Gasteiger partial charge in [-0.3, -0.25) is 4.79 Å². The van der Waals surface area contributed by atoms with Crippen molar-refractivity contribution < 1.29 is 33.6 Å². The Hall–Kier alpha value is -3.91. The molecule has 0 saturated heterocycles. The third-order valence-corrected chi connectivity index (χ3v) is 5.68. The van der Waals surface area contributed by atoms with Crippen molar-refractivity contribution in [3.8, 4) is 39.9 Å². The molecule has 0 atom stereocenters. The molecular formula is C26H27NO7. The molecular weight excluding hydrogens is 438 g/mol. The second kappa shape index (κ2) is 10.4. The fraction of sp³-hybridized carbons (Fsp3) is 0.269. The van der Waals surface area contributed by atoms with Crippen LogP contribution < -0.4 is 29.0 Å². The van der Waals surface area contributed by atoms with Crippen LogP contribution in [-0.2, 0) is 17.9 Å². The Balaban J connectivity index is 1.53. The number of nitrogens with one attached hydrogen (secondary N) is 1. The van der Waals surface area contributed by atoms with Crippen molar-refractivity contribution in [2.24, 2.45) is 0 Å². The maximum absolute atomic E-state index is 10.8. The topological polar surface area (TPSA) is 95.5 Å². The molecule has 0 aromatic heterocycles. The second-order valence-electron chi connectivity index (χ2n) is 7.75. The van der Waals surface area contributed by atoms with E-state index < -0.39 is 5.97 Å². The number of ether oxygens (including phenoxy) is 5. The van der Waals surface area contributed by atoms with E-state index in [1.165, 1.54) is 0 Å². The molecule has 0 saturated carbocycles. The molecule has 1 aliphatic heterocycles. The minimum absolute atomic E-state index is 0.163. The van der Waals surface area contributed by atoms with Crippen LogP contribution in [0.5, 0.6) is 28.7 Å². The van der Waals surface area contributed by atoms with E-state index in [0.29, 0.717) is 23.9 Å². The van der Waals surface area contributed by atoms with Crippen LogP contribution in [-0.4, -0.2) is 38.6 Å². The summed E-state index contributed by atoms with van der Waals surface area (Å²) in [5.74, 6) is 2.26. The summed E-state index contributed by atoms with van der Waals surface area (Å²) in [4.78, 5) is 10.8. The largest absolute Gasteiger partial charge is 0.496 e. The van der Waals surface area contributed by atoms with E-state index in [2.05, 4.69) is 18.3 Å². The molecule has 4 rings (SSSR count). The summed E-state index contributed by atoms with van der Waals surface area (Å²) >= 11 is 0. The van der Waals surface area contributed by atoms with Crippen molar-refractivity contribution in [1.82, 2.24) is 5.32 Å². The van der Waals surface area contributed by atoms with Crippen molar-refractivity contribution in [3.63, 3.8) is 0 Å². The van der Waals surface area contributed by atoms with Gasteiger partial charge in [-0.05, 0) is 41.3 Å². The fourth-order valence-corrected chi connectivity index (χ4v) is 3.89. The van der Waals surface area contributed by atoms with Crippen LogP contribution in [0.1, 0.15) is 16.7 Å². The molecule has 0 amide bonds. The van der Waals surface area contributed by atoms with E-state index in [0.717, 1.165) is 39.3 Å². The second-order valence-corrected chi connectivity index (χ2v) is 7.75. The standard InChI is InChI=1S/C26H27NO7/c1-16-18(5-4-6-20(16)17-7-8-22-25(9-17)34-15-33-22)14-32-19-10-23(30-2)21(24(11-19)31-3)12-27-13-26(28)29/h4-11,27H,12-15H2,1-3H3,(H,28,29). The molecule has 0 aliphatic carbocycles. The first-order valence-corrected chi connectivity index (χ1v) is 10.8. The lowest BCUT2D eigenvalue weighted by Crippen LogP contribution is -2.22. The number of hydrogen-bond donors (Lipinski definition) is 2. The molecule has 0 bridgehead atoms. The van der Waals surface area contributed by atoms with Crippen molar-refractivity contribution in [2.75, 3.05) is 27.6 Å². The summed E-state index contributed by atoms with van der Waals surface area (Å²) in [6, 6.07) is 15.6. The number of aliphatic carboxylic acids is 1. The average Bonchev–Trinajstić information content (AvgIpc) is 3.31. The van der Waals surface area contributed by atoms with Gasteiger partial charge in [-0.1, -0.05) is 24.3 Å². The van der Waals surface area contributed by atoms with Crippen LogP contribution in [0.25, 0.3) is 11.1 Å². The zero-order chi connectivity index (χ0) is 24.1. The van der Waals surface area contributed by atoms with Crippen LogP contribution in [0.2, 0.25) is 0 Å². The number of carbonyl (C=O) groups is 1. The first-order chi connectivity index (χ1) is 16.5. The van der Waals surface area contributed by atoms with Crippen LogP contribution in [0, 0.1) is 6.92 Å². The van der Waals surface area contributed by atoms with E-state index in [1.807, 2.05) is 30.3 Å². The molecule has 3 aromatic carbocycles. The van der Waals surface area contributed by atoms with Gasteiger partial charge >= 0.3 is 5.97 Å². The lowest BCUT2D eigenvalue weighted by Gasteiger charge is -2.17. The zero-order valence-corrected chi connectivity index (χ0v) is 19.3. The number of rotatable bonds is 10. The highest BCUT2D eigenvalue weighted by Gasteiger charge is 2.17. The Labute approximate surface area is 198 Å². The van der Waals surface area contributed by atoms with Crippen LogP contribution >= 0.6 is 0 Å². The van der Waals surface area contributed by atoms with Crippen LogP contribution in [0.15, 0.2) is 48.5 Å². The quantitative estimate of drug-likeness (QED) is 0.461. The molecule has 0 unspecified atom stereocenters. The smallest absolute Gasteiger partial charge is 0.317 e. The van der Waals surface area contributed by atoms with E-state index in [4.69, 9.17) is 28.8 Å². The van der Waals surface area contributed by atoms with Gasteiger partial charge in [0.25, 0.3) is 0 Å². The summed E-state index contributed by atoms with van der Waals surface area (Å²) in [5, 5.41) is 11.7. The van der Waals surface area contributed by atoms with Gasteiger partial charge in [0.2, 0.25) is 6.79 Å². The minimum Gasteiger partial charge on any atom is -0.496 e. The van der Waals surface area contributed by atoms with Crippen LogP contribution in [0.4, 0.5) is 0 Å². The summed E-state index contributed by atoms with van der Waals surface area (Å²) in [6.07, 6.45) is 0. The van der Waals surface area contributed by atoms with Crippen molar-refractivity contribution in [1.29, 1.82) is 0 Å². The predicted octanol–water partition coefficient (Wildman–Crippen LogP) is 4.16. The number of methoxy groups -OCH3 is 2. The Morgan fingerprint density at radius 3 is 2.47 bits per heavy atom. The Morgan fingerprint density at radius 1 is 1.03 bits per heavy atom. The van der Waals surface area contributed by atoms with E-state index >= 15 is 0 Å². The molecule has 0 fully saturated rings. The molecule has 3 aromatic rings. The van der Waals surface area contributed by atoms with Gasteiger partial charge < -0.3 is 34.1 Å². The SMILES string of the molecule is COc1cc(OCc2cccc(-c3ccc4c(c3)OCO4)c2C)cc(OC)c1CNCC(=O)O. The summed E-state index contributed by atoms with van der Waals surface area (Å²) in [6.45, 7) is 2.79. The summed E-state index contributed by atoms with van der Waals surface area (Å²) < 4.78 is 28.1. The van der Waals surface area contributed by atoms with Gasteiger partial charge in [-0.15, -0.1) is 0 Å². The third kappa shape index (κ3) is 5.02. The van der Waals surface area contributed by atoms with Gasteiger partial charge in [0.05, 0.1) is 26.3 Å².